The van der Waals surface area contributed by atoms with Crippen LogP contribution in [0.3, 0.4) is 0 Å². The van der Waals surface area contributed by atoms with E-state index in [0.717, 1.165) is 42.3 Å². The predicted molar refractivity (Wildman–Crippen MR) is 93.8 cm³/mol. The Labute approximate surface area is 138 Å². The number of aryl methyl sites for hydroxylation is 1. The normalized spacial score (nSPS) is 12.3. The Bertz CT molecular complexity index is 664. The number of benzene rings is 1. The Balaban J connectivity index is 2.19. The Kier molecular flexibility index (Phi) is 6.02. The monoisotopic (exact) mass is 317 g/mol. The zero-order valence-corrected chi connectivity index (χ0v) is 14.6. The number of nitrogens with zero attached hydrogens (tertiary/aromatic N) is 2. The van der Waals surface area contributed by atoms with Gasteiger partial charge in [0.15, 0.2) is 0 Å². The van der Waals surface area contributed by atoms with Gasteiger partial charge in [0, 0.05) is 18.7 Å². The summed E-state index contributed by atoms with van der Waals surface area (Å²) < 4.78 is 7.37. The third kappa shape index (κ3) is 4.03. The molecule has 1 amide bonds. The highest BCUT2D eigenvalue weighted by atomic mass is 16.5. The molecule has 0 bridgehead atoms. The average Bonchev–Trinajstić information content (AvgIpc) is 2.84. The molecule has 1 heterocycles. The van der Waals surface area contributed by atoms with Crippen molar-refractivity contribution in [1.29, 1.82) is 0 Å². The van der Waals surface area contributed by atoms with E-state index in [1.165, 1.54) is 0 Å². The number of rotatable bonds is 8. The second-order valence-corrected chi connectivity index (χ2v) is 5.83. The van der Waals surface area contributed by atoms with Gasteiger partial charge in [0.1, 0.15) is 0 Å². The molecular formula is C18H27N3O2. The van der Waals surface area contributed by atoms with E-state index in [9.17, 15) is 4.79 Å². The molecule has 0 aliphatic rings. The molecule has 0 aliphatic heterocycles. The first-order valence-electron chi connectivity index (χ1n) is 8.51. The van der Waals surface area contributed by atoms with E-state index < -0.39 is 0 Å². The summed E-state index contributed by atoms with van der Waals surface area (Å²) in [4.78, 5) is 12.4. The molecule has 1 aromatic carbocycles. The van der Waals surface area contributed by atoms with Gasteiger partial charge in [0.25, 0.3) is 0 Å². The molecule has 0 fully saturated rings. The van der Waals surface area contributed by atoms with Crippen LogP contribution < -0.4 is 10.1 Å². The van der Waals surface area contributed by atoms with Gasteiger partial charge in [-0.3, -0.25) is 9.48 Å². The lowest BCUT2D eigenvalue weighted by atomic mass is 9.98. The minimum Gasteiger partial charge on any atom is -0.476 e. The molecule has 126 valence electrons. The topological polar surface area (TPSA) is 56.1 Å². The number of carbonyl (C=O) groups is 1. The van der Waals surface area contributed by atoms with E-state index in [1.807, 2.05) is 32.2 Å². The standard InChI is InChI=1S/C18H27N3O2/c1-5-8-9-13(6-2)17(22)19-14-10-11-16-15(12-14)18(23-7-3)20-21(16)4/h10-13H,5-9H2,1-4H3,(H,19,22). The van der Waals surface area contributed by atoms with E-state index in [1.54, 1.807) is 4.68 Å². The maximum absolute atomic E-state index is 12.4. The average molecular weight is 317 g/mol. The number of unbranched alkanes of at least 4 members (excludes halogenated alkanes) is 1. The Hall–Kier alpha value is -2.04. The van der Waals surface area contributed by atoms with Crippen LogP contribution in [0.1, 0.15) is 46.5 Å². The van der Waals surface area contributed by atoms with Crippen molar-refractivity contribution in [3.63, 3.8) is 0 Å². The fraction of sp³-hybridized carbons (Fsp3) is 0.556. The Morgan fingerprint density at radius 2 is 2.13 bits per heavy atom. The molecule has 5 nitrogen and oxygen atoms in total. The van der Waals surface area contributed by atoms with Crippen LogP contribution in [0.2, 0.25) is 0 Å². The summed E-state index contributed by atoms with van der Waals surface area (Å²) in [7, 11) is 1.89. The van der Waals surface area contributed by atoms with Gasteiger partial charge in [-0.1, -0.05) is 26.7 Å². The summed E-state index contributed by atoms with van der Waals surface area (Å²) in [6.45, 7) is 6.72. The lowest BCUT2D eigenvalue weighted by Gasteiger charge is -2.14. The molecule has 23 heavy (non-hydrogen) atoms. The number of amides is 1. The number of aromatic nitrogens is 2. The van der Waals surface area contributed by atoms with Crippen molar-refractivity contribution in [2.24, 2.45) is 13.0 Å². The molecule has 0 saturated carbocycles. The van der Waals surface area contributed by atoms with Crippen molar-refractivity contribution < 1.29 is 9.53 Å². The highest BCUT2D eigenvalue weighted by molar-refractivity contribution is 5.96. The van der Waals surface area contributed by atoms with Crippen molar-refractivity contribution in [3.05, 3.63) is 18.2 Å². The molecule has 0 aliphatic carbocycles. The molecule has 5 heteroatoms. The smallest absolute Gasteiger partial charge is 0.240 e. The number of hydrogen-bond donors (Lipinski definition) is 1. The molecule has 2 rings (SSSR count). The number of nitrogens with one attached hydrogen (secondary N) is 1. The number of fused-ring (bicyclic) bond motifs is 1. The first-order valence-corrected chi connectivity index (χ1v) is 8.51. The van der Waals surface area contributed by atoms with Crippen molar-refractivity contribution >= 4 is 22.5 Å². The number of carbonyl (C=O) groups excluding carboxylic acids is 1. The van der Waals surface area contributed by atoms with E-state index in [-0.39, 0.29) is 11.8 Å². The molecule has 0 saturated heterocycles. The molecule has 1 atom stereocenters. The van der Waals surface area contributed by atoms with Gasteiger partial charge >= 0.3 is 0 Å². The highest BCUT2D eigenvalue weighted by Crippen LogP contribution is 2.28. The van der Waals surface area contributed by atoms with Crippen molar-refractivity contribution in [2.75, 3.05) is 11.9 Å². The fourth-order valence-corrected chi connectivity index (χ4v) is 2.77. The number of hydrogen-bond acceptors (Lipinski definition) is 3. The van der Waals surface area contributed by atoms with Crippen LogP contribution in [0.25, 0.3) is 10.9 Å². The van der Waals surface area contributed by atoms with Gasteiger partial charge in [0.05, 0.1) is 17.5 Å². The largest absolute Gasteiger partial charge is 0.476 e. The molecule has 1 unspecified atom stereocenters. The third-order valence-electron chi connectivity index (χ3n) is 4.13. The molecule has 0 radical (unpaired) electrons. The maximum Gasteiger partial charge on any atom is 0.240 e. The van der Waals surface area contributed by atoms with Gasteiger partial charge < -0.3 is 10.1 Å². The first-order chi connectivity index (χ1) is 11.1. The molecular weight excluding hydrogens is 290 g/mol. The van der Waals surface area contributed by atoms with Crippen molar-refractivity contribution in [3.8, 4) is 5.88 Å². The van der Waals surface area contributed by atoms with Crippen LogP contribution in [0, 0.1) is 5.92 Å². The summed E-state index contributed by atoms with van der Waals surface area (Å²) in [5.41, 5.74) is 1.79. The van der Waals surface area contributed by atoms with Crippen LogP contribution in [0.5, 0.6) is 5.88 Å². The number of ether oxygens (including phenoxy) is 1. The van der Waals surface area contributed by atoms with Gasteiger partial charge in [-0.2, -0.15) is 0 Å². The van der Waals surface area contributed by atoms with E-state index in [0.29, 0.717) is 12.5 Å². The summed E-state index contributed by atoms with van der Waals surface area (Å²) in [6, 6.07) is 5.83. The SMILES string of the molecule is CCCCC(CC)C(=O)Nc1ccc2c(c1)c(OCC)nn2C. The Morgan fingerprint density at radius 1 is 1.35 bits per heavy atom. The van der Waals surface area contributed by atoms with Gasteiger partial charge in [0.2, 0.25) is 11.8 Å². The van der Waals surface area contributed by atoms with Crippen molar-refractivity contribution in [1.82, 2.24) is 9.78 Å². The van der Waals surface area contributed by atoms with Crippen molar-refractivity contribution in [2.45, 2.75) is 46.5 Å². The van der Waals surface area contributed by atoms with E-state index >= 15 is 0 Å². The summed E-state index contributed by atoms with van der Waals surface area (Å²) in [6.07, 6.45) is 4.01. The Morgan fingerprint density at radius 3 is 2.78 bits per heavy atom. The first kappa shape index (κ1) is 17.3. The summed E-state index contributed by atoms with van der Waals surface area (Å²) >= 11 is 0. The maximum atomic E-state index is 12.4. The van der Waals surface area contributed by atoms with E-state index in [2.05, 4.69) is 24.3 Å². The predicted octanol–water partition coefficient (Wildman–Crippen LogP) is 4.13. The summed E-state index contributed by atoms with van der Waals surface area (Å²) in [5.74, 6) is 0.784. The second-order valence-electron chi connectivity index (χ2n) is 5.83. The molecule has 2 aromatic rings. The van der Waals surface area contributed by atoms with Crippen LogP contribution in [0.4, 0.5) is 5.69 Å². The molecule has 1 N–H and O–H groups in total. The van der Waals surface area contributed by atoms with Gasteiger partial charge in [-0.15, -0.1) is 5.10 Å². The fourth-order valence-electron chi connectivity index (χ4n) is 2.77. The quantitative estimate of drug-likeness (QED) is 0.796. The third-order valence-corrected chi connectivity index (χ3v) is 4.13. The van der Waals surface area contributed by atoms with Gasteiger partial charge in [-0.05, 0) is 38.0 Å². The minimum atomic E-state index is 0.0749. The molecule has 0 spiro atoms. The number of anilines is 1. The van der Waals surface area contributed by atoms with Crippen LogP contribution in [-0.4, -0.2) is 22.3 Å². The lowest BCUT2D eigenvalue weighted by molar-refractivity contribution is -0.120. The summed E-state index contributed by atoms with van der Waals surface area (Å²) in [5, 5.41) is 8.34. The lowest BCUT2D eigenvalue weighted by Crippen LogP contribution is -2.22. The van der Waals surface area contributed by atoms with Crippen LogP contribution in [-0.2, 0) is 11.8 Å². The van der Waals surface area contributed by atoms with Crippen LogP contribution in [0.15, 0.2) is 18.2 Å². The van der Waals surface area contributed by atoms with Crippen LogP contribution >= 0.6 is 0 Å². The van der Waals surface area contributed by atoms with E-state index in [4.69, 9.17) is 4.74 Å². The zero-order valence-electron chi connectivity index (χ0n) is 14.6. The zero-order chi connectivity index (χ0) is 16.8. The highest BCUT2D eigenvalue weighted by Gasteiger charge is 2.17. The van der Waals surface area contributed by atoms with Gasteiger partial charge in [-0.25, -0.2) is 0 Å². The second kappa shape index (κ2) is 7.99. The molecule has 1 aromatic heterocycles. The minimum absolute atomic E-state index is 0.0749.